The van der Waals surface area contributed by atoms with Gasteiger partial charge in [0.2, 0.25) is 0 Å². The standard InChI is InChI=1S/C14H10F3NO.C5H11N.C4H9NO.C2H6/c1-8-2-5-12(11(16)6-8)18-14-9(7-19)3-4-10(15)13(14)17;1-2-4-6-5-3-1;1-5-2-4(6)3-5;1-2/h2-7,18H,1H3;6H,1-5H2;4,6H,2-3H2,1H3;1-2H3. The van der Waals surface area contributed by atoms with Crippen molar-refractivity contribution in [2.75, 3.05) is 38.5 Å². The highest BCUT2D eigenvalue weighted by molar-refractivity contribution is 5.86. The molecule has 2 saturated heterocycles. The number of hydrogen-bond donors (Lipinski definition) is 3. The van der Waals surface area contributed by atoms with Crippen molar-refractivity contribution in [2.24, 2.45) is 0 Å². The van der Waals surface area contributed by atoms with Crippen LogP contribution in [0, 0.1) is 24.4 Å². The zero-order valence-electron chi connectivity index (χ0n) is 19.9. The maximum Gasteiger partial charge on any atom is 0.182 e. The van der Waals surface area contributed by atoms with Gasteiger partial charge in [0, 0.05) is 18.7 Å². The van der Waals surface area contributed by atoms with Gasteiger partial charge in [-0.15, -0.1) is 0 Å². The molecule has 2 fully saturated rings. The van der Waals surface area contributed by atoms with Crippen LogP contribution < -0.4 is 10.6 Å². The van der Waals surface area contributed by atoms with Gasteiger partial charge in [-0.2, -0.15) is 0 Å². The quantitative estimate of drug-likeness (QED) is 0.552. The first-order valence-electron chi connectivity index (χ1n) is 11.4. The maximum absolute atomic E-state index is 13.6. The molecule has 2 aromatic carbocycles. The van der Waals surface area contributed by atoms with Crippen molar-refractivity contribution in [1.29, 1.82) is 0 Å². The Labute approximate surface area is 195 Å². The molecule has 33 heavy (non-hydrogen) atoms. The molecule has 0 saturated carbocycles. The molecule has 3 N–H and O–H groups in total. The van der Waals surface area contributed by atoms with Gasteiger partial charge in [0.05, 0.1) is 17.5 Å². The molecule has 2 aromatic rings. The van der Waals surface area contributed by atoms with Crippen LogP contribution in [0.1, 0.15) is 49.0 Å². The fourth-order valence-corrected chi connectivity index (χ4v) is 3.11. The van der Waals surface area contributed by atoms with Crippen molar-refractivity contribution in [3.05, 3.63) is 58.9 Å². The van der Waals surface area contributed by atoms with E-state index in [9.17, 15) is 18.0 Å². The number of carbonyl (C=O) groups excluding carboxylic acids is 1. The Morgan fingerprint density at radius 1 is 1.03 bits per heavy atom. The molecule has 2 heterocycles. The number of aldehydes is 1. The number of nitrogens with one attached hydrogen (secondary N) is 2. The fourth-order valence-electron chi connectivity index (χ4n) is 3.11. The Kier molecular flexibility index (Phi) is 13.4. The Hall–Kier alpha value is -2.42. The molecule has 0 atom stereocenters. The van der Waals surface area contributed by atoms with E-state index >= 15 is 0 Å². The summed E-state index contributed by atoms with van der Waals surface area (Å²) in [6.07, 6.45) is 4.55. The summed E-state index contributed by atoms with van der Waals surface area (Å²) in [6.45, 7) is 9.92. The summed E-state index contributed by atoms with van der Waals surface area (Å²) >= 11 is 0. The number of anilines is 2. The highest BCUT2D eigenvalue weighted by atomic mass is 19.2. The molecule has 0 unspecified atom stereocenters. The Bertz CT molecular complexity index is 838. The van der Waals surface area contributed by atoms with Crippen LogP contribution in [0.25, 0.3) is 0 Å². The van der Waals surface area contributed by atoms with Crippen LogP contribution >= 0.6 is 0 Å². The Balaban J connectivity index is 0.000000314. The number of piperidine rings is 1. The number of rotatable bonds is 3. The van der Waals surface area contributed by atoms with Crippen molar-refractivity contribution < 1.29 is 23.1 Å². The lowest BCUT2D eigenvalue weighted by Crippen LogP contribution is -2.47. The SMILES string of the molecule is C1CCNCC1.CC.CN1CC(O)C1.Cc1ccc(Nc2c(C=O)ccc(F)c2F)c(F)c1. The first kappa shape index (κ1) is 28.6. The molecule has 0 radical (unpaired) electrons. The molecular weight excluding hydrogens is 431 g/mol. The van der Waals surface area contributed by atoms with Gasteiger partial charge < -0.3 is 20.6 Å². The monoisotopic (exact) mass is 467 g/mol. The van der Waals surface area contributed by atoms with Crippen molar-refractivity contribution in [1.82, 2.24) is 10.2 Å². The molecule has 0 aliphatic carbocycles. The second-order valence-electron chi connectivity index (χ2n) is 7.74. The number of aliphatic hydroxyl groups is 1. The predicted octanol–water partition coefficient (Wildman–Crippen LogP) is 5.05. The first-order valence-corrected chi connectivity index (χ1v) is 11.4. The number of β-amino-alcohol motifs (C(OH)–C–C–N with tert-alkyl or cyclic N) is 1. The second-order valence-corrected chi connectivity index (χ2v) is 7.74. The molecule has 0 bridgehead atoms. The van der Waals surface area contributed by atoms with E-state index in [1.807, 2.05) is 20.9 Å². The number of aryl methyl sites for hydroxylation is 1. The van der Waals surface area contributed by atoms with E-state index in [4.69, 9.17) is 5.11 Å². The van der Waals surface area contributed by atoms with Crippen LogP contribution in [-0.4, -0.2) is 55.6 Å². The minimum atomic E-state index is -1.22. The number of hydrogen-bond acceptors (Lipinski definition) is 5. The third-order valence-electron chi connectivity index (χ3n) is 4.89. The van der Waals surface area contributed by atoms with E-state index in [1.54, 1.807) is 13.0 Å². The summed E-state index contributed by atoms with van der Waals surface area (Å²) in [7, 11) is 1.99. The second kappa shape index (κ2) is 15.4. The fraction of sp³-hybridized carbons (Fsp3) is 0.480. The normalized spacial score (nSPS) is 15.4. The summed E-state index contributed by atoms with van der Waals surface area (Å²) in [5, 5.41) is 14.3. The van der Waals surface area contributed by atoms with Crippen LogP contribution in [0.5, 0.6) is 0 Å². The number of carbonyl (C=O) groups is 1. The first-order chi connectivity index (χ1) is 15.8. The minimum Gasteiger partial charge on any atom is -0.390 e. The van der Waals surface area contributed by atoms with Gasteiger partial charge in [0.15, 0.2) is 17.9 Å². The Morgan fingerprint density at radius 3 is 2.06 bits per heavy atom. The molecule has 2 aliphatic rings. The van der Waals surface area contributed by atoms with Gasteiger partial charge in [0.1, 0.15) is 5.82 Å². The number of aliphatic hydroxyl groups excluding tert-OH is 1. The van der Waals surface area contributed by atoms with E-state index < -0.39 is 17.5 Å². The number of halogens is 3. The van der Waals surface area contributed by atoms with Crippen LogP contribution in [0.2, 0.25) is 0 Å². The van der Waals surface area contributed by atoms with Gasteiger partial charge in [-0.05, 0) is 69.7 Å². The van der Waals surface area contributed by atoms with E-state index in [0.29, 0.717) is 11.8 Å². The van der Waals surface area contributed by atoms with Crippen LogP contribution in [0.4, 0.5) is 24.5 Å². The largest absolute Gasteiger partial charge is 0.390 e. The predicted molar refractivity (Wildman–Crippen MR) is 128 cm³/mol. The van der Waals surface area contributed by atoms with Crippen LogP contribution in [0.3, 0.4) is 0 Å². The molecular formula is C25H36F3N3O2. The zero-order valence-corrected chi connectivity index (χ0v) is 19.9. The highest BCUT2D eigenvalue weighted by Crippen LogP contribution is 2.27. The third kappa shape index (κ3) is 9.94. The molecule has 2 aliphatic heterocycles. The smallest absolute Gasteiger partial charge is 0.182 e. The highest BCUT2D eigenvalue weighted by Gasteiger charge is 2.18. The van der Waals surface area contributed by atoms with Crippen molar-refractivity contribution in [2.45, 2.75) is 46.1 Å². The van der Waals surface area contributed by atoms with Gasteiger partial charge in [0.25, 0.3) is 0 Å². The lowest BCUT2D eigenvalue weighted by atomic mass is 10.1. The minimum absolute atomic E-state index is 0.0294. The summed E-state index contributed by atoms with van der Waals surface area (Å²) < 4.78 is 40.4. The summed E-state index contributed by atoms with van der Waals surface area (Å²) in [4.78, 5) is 12.9. The van der Waals surface area contributed by atoms with Gasteiger partial charge >= 0.3 is 0 Å². The maximum atomic E-state index is 13.6. The topological polar surface area (TPSA) is 64.6 Å². The molecule has 5 nitrogen and oxygen atoms in total. The molecule has 0 spiro atoms. The van der Waals surface area contributed by atoms with E-state index in [2.05, 4.69) is 15.5 Å². The Morgan fingerprint density at radius 2 is 1.67 bits per heavy atom. The van der Waals surface area contributed by atoms with E-state index in [1.165, 1.54) is 44.5 Å². The number of nitrogens with zero attached hydrogens (tertiary/aromatic N) is 1. The van der Waals surface area contributed by atoms with Gasteiger partial charge in [-0.25, -0.2) is 13.2 Å². The zero-order chi connectivity index (χ0) is 24.8. The lowest BCUT2D eigenvalue weighted by Gasteiger charge is -2.31. The summed E-state index contributed by atoms with van der Waals surface area (Å²) in [6, 6.07) is 6.22. The van der Waals surface area contributed by atoms with Crippen molar-refractivity contribution in [3.63, 3.8) is 0 Å². The summed E-state index contributed by atoms with van der Waals surface area (Å²) in [5.74, 6) is -2.94. The molecule has 8 heteroatoms. The molecule has 4 rings (SSSR count). The third-order valence-corrected chi connectivity index (χ3v) is 4.89. The van der Waals surface area contributed by atoms with Crippen LogP contribution in [0.15, 0.2) is 30.3 Å². The lowest BCUT2D eigenvalue weighted by molar-refractivity contribution is 0.0196. The number of likely N-dealkylation sites (tertiary alicyclic amines) is 1. The average molecular weight is 468 g/mol. The van der Waals surface area contributed by atoms with E-state index in [0.717, 1.165) is 25.2 Å². The van der Waals surface area contributed by atoms with Crippen LogP contribution in [-0.2, 0) is 0 Å². The molecule has 0 amide bonds. The number of benzene rings is 2. The van der Waals surface area contributed by atoms with Crippen molar-refractivity contribution in [3.8, 4) is 0 Å². The van der Waals surface area contributed by atoms with E-state index in [-0.39, 0.29) is 23.0 Å². The number of likely N-dealkylation sites (N-methyl/N-ethyl adjacent to an activating group) is 1. The van der Waals surface area contributed by atoms with Gasteiger partial charge in [-0.3, -0.25) is 4.79 Å². The molecule has 0 aromatic heterocycles. The van der Waals surface area contributed by atoms with Crippen molar-refractivity contribution >= 4 is 17.7 Å². The average Bonchev–Trinajstić information content (AvgIpc) is 2.81. The summed E-state index contributed by atoms with van der Waals surface area (Å²) in [5.41, 5.74) is 0.202. The molecule has 184 valence electrons. The van der Waals surface area contributed by atoms with Gasteiger partial charge in [-0.1, -0.05) is 26.3 Å².